The van der Waals surface area contributed by atoms with Crippen molar-refractivity contribution < 1.29 is 14.1 Å². The van der Waals surface area contributed by atoms with Crippen molar-refractivity contribution in [2.75, 3.05) is 7.05 Å². The van der Waals surface area contributed by atoms with E-state index in [0.29, 0.717) is 10.6 Å². The molecule has 0 saturated heterocycles. The molecule has 8 heteroatoms. The third kappa shape index (κ3) is 3.72. The van der Waals surface area contributed by atoms with Crippen LogP contribution in [0.5, 0.6) is 5.75 Å². The topological polar surface area (TPSA) is 100 Å². The van der Waals surface area contributed by atoms with Gasteiger partial charge in [0.05, 0.1) is 4.90 Å². The van der Waals surface area contributed by atoms with Crippen molar-refractivity contribution in [2.45, 2.75) is 18.4 Å². The molecule has 24 heavy (non-hydrogen) atoms. The first-order valence-electron chi connectivity index (χ1n) is 7.21. The van der Waals surface area contributed by atoms with Crippen LogP contribution in [0.4, 0.5) is 0 Å². The zero-order valence-corrected chi connectivity index (χ0v) is 14.4. The number of pyridine rings is 1. The smallest absolute Gasteiger partial charge is 0.271 e. The van der Waals surface area contributed by atoms with Gasteiger partial charge in [-0.25, -0.2) is 8.93 Å². The number of aromatic nitrogens is 1. The van der Waals surface area contributed by atoms with Crippen LogP contribution in [0.1, 0.15) is 21.7 Å². The predicted molar refractivity (Wildman–Crippen MR) is 91.2 cm³/mol. The minimum absolute atomic E-state index is 0.0938. The Labute approximate surface area is 141 Å². The molecule has 3 N–H and O–H groups in total. The molecular formula is C16H19N3O4S. The fourth-order valence-corrected chi connectivity index (χ4v) is 3.00. The Hall–Kier alpha value is -2.45. The molecule has 0 spiro atoms. The van der Waals surface area contributed by atoms with Gasteiger partial charge in [-0.2, -0.15) is 0 Å². The number of aryl methyl sites for hydroxylation is 1. The largest absolute Gasteiger partial charge is 0.503 e. The standard InChI is InChI=1S/C16H19N3O4S/c1-10-4-6-12(7-5-10)24(23)18-9-11-8-13(20)15(21)14(19(11)3)16(22)17-2/h4-8,18,21H,9H2,1-3H3,(H,17,22). The summed E-state index contributed by atoms with van der Waals surface area (Å²) in [6.45, 7) is 2.03. The Bertz CT molecular complexity index is 844. The highest BCUT2D eigenvalue weighted by Gasteiger charge is 2.18. The Morgan fingerprint density at radius 2 is 1.92 bits per heavy atom. The second-order valence-corrected chi connectivity index (χ2v) is 6.54. The van der Waals surface area contributed by atoms with Gasteiger partial charge in [-0.1, -0.05) is 17.7 Å². The molecule has 1 heterocycles. The highest BCUT2D eigenvalue weighted by Crippen LogP contribution is 2.14. The molecule has 0 fully saturated rings. The molecule has 1 amide bonds. The number of aromatic hydroxyl groups is 1. The van der Waals surface area contributed by atoms with Gasteiger partial charge in [0, 0.05) is 32.4 Å². The average Bonchev–Trinajstić information content (AvgIpc) is 2.57. The van der Waals surface area contributed by atoms with Gasteiger partial charge < -0.3 is 15.0 Å². The first-order chi connectivity index (χ1) is 11.3. The summed E-state index contributed by atoms with van der Waals surface area (Å²) in [5.74, 6) is -1.19. The van der Waals surface area contributed by atoms with Crippen LogP contribution >= 0.6 is 0 Å². The van der Waals surface area contributed by atoms with Crippen LogP contribution in [-0.4, -0.2) is 26.8 Å². The van der Waals surface area contributed by atoms with Crippen molar-refractivity contribution in [3.05, 3.63) is 57.5 Å². The van der Waals surface area contributed by atoms with Crippen LogP contribution in [-0.2, 0) is 24.6 Å². The molecule has 0 saturated carbocycles. The molecule has 0 bridgehead atoms. The highest BCUT2D eigenvalue weighted by molar-refractivity contribution is 7.83. The fourth-order valence-electron chi connectivity index (χ4n) is 2.17. The van der Waals surface area contributed by atoms with Gasteiger partial charge in [-0.05, 0) is 19.1 Å². The summed E-state index contributed by atoms with van der Waals surface area (Å²) in [6, 6.07) is 8.43. The molecule has 0 aliphatic rings. The first-order valence-corrected chi connectivity index (χ1v) is 8.36. The summed E-state index contributed by atoms with van der Waals surface area (Å²) in [6.07, 6.45) is 0. The molecule has 0 aliphatic heterocycles. The van der Waals surface area contributed by atoms with Gasteiger partial charge in [0.1, 0.15) is 11.0 Å². The van der Waals surface area contributed by atoms with E-state index < -0.39 is 28.1 Å². The summed E-state index contributed by atoms with van der Waals surface area (Å²) in [7, 11) is 1.50. The Kier molecular flexibility index (Phi) is 5.53. The molecule has 1 atom stereocenters. The van der Waals surface area contributed by atoms with Crippen molar-refractivity contribution in [1.82, 2.24) is 14.6 Å². The molecule has 7 nitrogen and oxygen atoms in total. The molecular weight excluding hydrogens is 330 g/mol. The molecule has 2 aromatic rings. The van der Waals surface area contributed by atoms with Gasteiger partial charge in [-0.3, -0.25) is 9.59 Å². The predicted octanol–water partition coefficient (Wildman–Crippen LogP) is 0.571. The molecule has 0 aliphatic carbocycles. The van der Waals surface area contributed by atoms with Crippen LogP contribution in [0.2, 0.25) is 0 Å². The second kappa shape index (κ2) is 7.41. The second-order valence-electron chi connectivity index (χ2n) is 5.24. The van der Waals surface area contributed by atoms with E-state index in [1.807, 2.05) is 19.1 Å². The van der Waals surface area contributed by atoms with E-state index in [0.717, 1.165) is 5.56 Å². The number of nitrogens with zero attached hydrogens (tertiary/aromatic N) is 1. The fraction of sp³-hybridized carbons (Fsp3) is 0.250. The number of nitrogens with one attached hydrogen (secondary N) is 2. The summed E-state index contributed by atoms with van der Waals surface area (Å²) >= 11 is 0. The number of carbonyl (C=O) groups is 1. The zero-order valence-electron chi connectivity index (χ0n) is 13.6. The van der Waals surface area contributed by atoms with Crippen molar-refractivity contribution >= 4 is 16.9 Å². The molecule has 1 unspecified atom stereocenters. The summed E-state index contributed by atoms with van der Waals surface area (Å²) in [5.41, 5.74) is 0.691. The third-order valence-corrected chi connectivity index (χ3v) is 4.69. The summed E-state index contributed by atoms with van der Waals surface area (Å²) < 4.78 is 16.5. The van der Waals surface area contributed by atoms with E-state index in [1.165, 1.54) is 17.7 Å². The number of benzene rings is 1. The van der Waals surface area contributed by atoms with Gasteiger partial charge in [-0.15, -0.1) is 0 Å². The molecule has 128 valence electrons. The van der Waals surface area contributed by atoms with Gasteiger partial charge >= 0.3 is 0 Å². The normalized spacial score (nSPS) is 12.0. The Morgan fingerprint density at radius 1 is 1.29 bits per heavy atom. The van der Waals surface area contributed by atoms with Crippen LogP contribution in [0.15, 0.2) is 40.0 Å². The van der Waals surface area contributed by atoms with Crippen LogP contribution in [0, 0.1) is 6.92 Å². The van der Waals surface area contributed by atoms with Gasteiger partial charge in [0.25, 0.3) is 5.91 Å². The number of hydrogen-bond donors (Lipinski definition) is 3. The number of amides is 1. The van der Waals surface area contributed by atoms with Crippen LogP contribution < -0.4 is 15.5 Å². The van der Waals surface area contributed by atoms with E-state index in [1.54, 1.807) is 19.2 Å². The maximum Gasteiger partial charge on any atom is 0.271 e. The first kappa shape index (κ1) is 17.9. The maximum atomic E-state index is 12.3. The van der Waals surface area contributed by atoms with Crippen LogP contribution in [0.3, 0.4) is 0 Å². The van der Waals surface area contributed by atoms with Crippen LogP contribution in [0.25, 0.3) is 0 Å². The van der Waals surface area contributed by atoms with E-state index in [4.69, 9.17) is 0 Å². The lowest BCUT2D eigenvalue weighted by Gasteiger charge is -2.15. The lowest BCUT2D eigenvalue weighted by atomic mass is 10.2. The number of carbonyl (C=O) groups excluding carboxylic acids is 1. The molecule has 2 rings (SSSR count). The lowest BCUT2D eigenvalue weighted by molar-refractivity contribution is 0.0950. The number of rotatable bonds is 5. The number of hydrogen-bond acceptors (Lipinski definition) is 4. The zero-order chi connectivity index (χ0) is 17.9. The highest BCUT2D eigenvalue weighted by atomic mass is 32.2. The minimum Gasteiger partial charge on any atom is -0.503 e. The summed E-state index contributed by atoms with van der Waals surface area (Å²) in [4.78, 5) is 24.3. The Balaban J connectivity index is 2.25. The molecule has 0 radical (unpaired) electrons. The molecule has 1 aromatic carbocycles. The van der Waals surface area contributed by atoms with Gasteiger partial charge in [0.2, 0.25) is 5.43 Å². The third-order valence-electron chi connectivity index (χ3n) is 3.58. The lowest BCUT2D eigenvalue weighted by Crippen LogP contribution is -2.28. The Morgan fingerprint density at radius 3 is 2.50 bits per heavy atom. The quantitative estimate of drug-likeness (QED) is 0.735. The van der Waals surface area contributed by atoms with Crippen molar-refractivity contribution in [2.24, 2.45) is 7.05 Å². The van der Waals surface area contributed by atoms with E-state index in [-0.39, 0.29) is 12.2 Å². The summed E-state index contributed by atoms with van der Waals surface area (Å²) in [5, 5.41) is 12.2. The van der Waals surface area contributed by atoms with Crippen molar-refractivity contribution in [3.63, 3.8) is 0 Å². The van der Waals surface area contributed by atoms with Gasteiger partial charge in [0.15, 0.2) is 11.4 Å². The van der Waals surface area contributed by atoms with E-state index >= 15 is 0 Å². The monoisotopic (exact) mass is 349 g/mol. The average molecular weight is 349 g/mol. The van der Waals surface area contributed by atoms with E-state index in [9.17, 15) is 18.9 Å². The van der Waals surface area contributed by atoms with Crippen molar-refractivity contribution in [3.8, 4) is 5.75 Å². The van der Waals surface area contributed by atoms with E-state index in [2.05, 4.69) is 10.0 Å². The maximum absolute atomic E-state index is 12.3. The molecule has 1 aromatic heterocycles. The minimum atomic E-state index is -1.46. The SMILES string of the molecule is CNC(=O)c1c(O)c(=O)cc(CNS(=O)c2ccc(C)cc2)n1C. The van der Waals surface area contributed by atoms with Crippen molar-refractivity contribution in [1.29, 1.82) is 0 Å².